The maximum absolute atomic E-state index is 12.4. The van der Waals surface area contributed by atoms with Crippen LogP contribution in [0.1, 0.15) is 46.7 Å². The van der Waals surface area contributed by atoms with Crippen LogP contribution >= 0.6 is 11.3 Å². The Balaban J connectivity index is 1.53. The van der Waals surface area contributed by atoms with Crippen molar-refractivity contribution in [1.82, 2.24) is 10.2 Å². The minimum absolute atomic E-state index is 0.0444. The molecule has 1 aromatic heterocycles. The van der Waals surface area contributed by atoms with Gasteiger partial charge in [0.2, 0.25) is 0 Å². The van der Waals surface area contributed by atoms with Gasteiger partial charge in [-0.3, -0.25) is 4.79 Å². The smallest absolute Gasteiger partial charge is 0.407 e. The third kappa shape index (κ3) is 4.25. The van der Waals surface area contributed by atoms with Crippen molar-refractivity contribution in [3.05, 3.63) is 21.9 Å². The van der Waals surface area contributed by atoms with E-state index in [9.17, 15) is 9.59 Å². The summed E-state index contributed by atoms with van der Waals surface area (Å²) < 4.78 is 0. The average molecular weight is 336 g/mol. The Labute approximate surface area is 140 Å². The third-order valence-electron chi connectivity index (χ3n) is 4.94. The van der Waals surface area contributed by atoms with E-state index in [1.807, 2.05) is 19.1 Å². The molecule has 23 heavy (non-hydrogen) atoms. The third-order valence-corrected chi connectivity index (χ3v) is 5.94. The molecule has 1 unspecified atom stereocenters. The molecule has 1 saturated heterocycles. The number of rotatable bonds is 5. The predicted octanol–water partition coefficient (Wildman–Crippen LogP) is 3.35. The molecule has 1 aliphatic heterocycles. The first-order valence-corrected chi connectivity index (χ1v) is 9.19. The lowest BCUT2D eigenvalue weighted by Gasteiger charge is -2.32. The van der Waals surface area contributed by atoms with Gasteiger partial charge in [0.15, 0.2) is 0 Å². The van der Waals surface area contributed by atoms with Crippen molar-refractivity contribution in [2.75, 3.05) is 13.1 Å². The molecule has 0 aromatic carbocycles. The number of piperidine rings is 1. The van der Waals surface area contributed by atoms with Crippen LogP contribution in [0.5, 0.6) is 0 Å². The van der Waals surface area contributed by atoms with Crippen LogP contribution in [0, 0.1) is 18.8 Å². The van der Waals surface area contributed by atoms with E-state index < -0.39 is 6.09 Å². The van der Waals surface area contributed by atoms with Crippen LogP contribution in [0.15, 0.2) is 12.1 Å². The van der Waals surface area contributed by atoms with Crippen molar-refractivity contribution in [3.63, 3.8) is 0 Å². The van der Waals surface area contributed by atoms with Crippen LogP contribution in [0.25, 0.3) is 0 Å². The summed E-state index contributed by atoms with van der Waals surface area (Å²) in [5.74, 6) is 1.17. The molecule has 5 nitrogen and oxygen atoms in total. The molecule has 2 amide bonds. The predicted molar refractivity (Wildman–Crippen MR) is 90.0 cm³/mol. The van der Waals surface area contributed by atoms with E-state index in [0.717, 1.165) is 29.0 Å². The van der Waals surface area contributed by atoms with Crippen LogP contribution in [0.2, 0.25) is 0 Å². The number of aryl methyl sites for hydroxylation is 1. The van der Waals surface area contributed by atoms with E-state index in [1.165, 1.54) is 29.1 Å². The van der Waals surface area contributed by atoms with Crippen LogP contribution in [-0.2, 0) is 0 Å². The Bertz CT molecular complexity index is 574. The second-order valence-corrected chi connectivity index (χ2v) is 8.06. The van der Waals surface area contributed by atoms with Crippen LogP contribution in [0.3, 0.4) is 0 Å². The van der Waals surface area contributed by atoms with E-state index in [2.05, 4.69) is 5.32 Å². The number of nitrogens with one attached hydrogen (secondary N) is 1. The Morgan fingerprint density at radius 3 is 2.52 bits per heavy atom. The first kappa shape index (κ1) is 16.3. The van der Waals surface area contributed by atoms with E-state index in [4.69, 9.17) is 5.11 Å². The second kappa shape index (κ2) is 6.91. The van der Waals surface area contributed by atoms with Gasteiger partial charge >= 0.3 is 6.09 Å². The molecule has 3 rings (SSSR count). The average Bonchev–Trinajstić information content (AvgIpc) is 3.28. The van der Waals surface area contributed by atoms with Crippen molar-refractivity contribution in [3.8, 4) is 0 Å². The van der Waals surface area contributed by atoms with Gasteiger partial charge < -0.3 is 15.3 Å². The fraction of sp³-hybridized carbons (Fsp3) is 0.647. The Morgan fingerprint density at radius 2 is 2.00 bits per heavy atom. The minimum Gasteiger partial charge on any atom is -0.465 e. The molecule has 1 aromatic rings. The van der Waals surface area contributed by atoms with Gasteiger partial charge in [0.1, 0.15) is 0 Å². The fourth-order valence-corrected chi connectivity index (χ4v) is 4.15. The molecule has 2 aliphatic rings. The molecule has 2 fully saturated rings. The summed E-state index contributed by atoms with van der Waals surface area (Å²) in [6, 6.07) is 4.11. The van der Waals surface area contributed by atoms with Crippen molar-refractivity contribution in [2.24, 2.45) is 11.8 Å². The van der Waals surface area contributed by atoms with Crippen molar-refractivity contribution >= 4 is 23.3 Å². The molecular formula is C17H24N2O3S. The summed E-state index contributed by atoms with van der Waals surface area (Å²) in [4.78, 5) is 26.8. The highest BCUT2D eigenvalue weighted by Crippen LogP contribution is 2.37. The highest BCUT2D eigenvalue weighted by atomic mass is 32.1. The van der Waals surface area contributed by atoms with Gasteiger partial charge in [0.25, 0.3) is 5.91 Å². The first-order valence-electron chi connectivity index (χ1n) is 8.38. The van der Waals surface area contributed by atoms with E-state index >= 15 is 0 Å². The lowest BCUT2D eigenvalue weighted by Crippen LogP contribution is -2.41. The number of carboxylic acid groups (broad SMARTS) is 1. The highest BCUT2D eigenvalue weighted by molar-refractivity contribution is 7.13. The number of carbonyl (C=O) groups is 2. The zero-order chi connectivity index (χ0) is 16.4. The monoisotopic (exact) mass is 336 g/mol. The maximum Gasteiger partial charge on any atom is 0.407 e. The van der Waals surface area contributed by atoms with Gasteiger partial charge in [0.05, 0.1) is 4.88 Å². The number of nitrogens with zero attached hydrogens (tertiary/aromatic N) is 1. The van der Waals surface area contributed by atoms with Crippen LogP contribution in [0.4, 0.5) is 4.79 Å². The number of thiophene rings is 1. The zero-order valence-electron chi connectivity index (χ0n) is 13.5. The molecule has 126 valence electrons. The van der Waals surface area contributed by atoms with E-state index in [1.54, 1.807) is 0 Å². The lowest BCUT2D eigenvalue weighted by atomic mass is 9.88. The number of hydrogen-bond donors (Lipinski definition) is 2. The molecule has 0 bridgehead atoms. The van der Waals surface area contributed by atoms with Gasteiger partial charge in [-0.1, -0.05) is 0 Å². The van der Waals surface area contributed by atoms with Crippen molar-refractivity contribution in [1.29, 1.82) is 0 Å². The number of amides is 2. The Morgan fingerprint density at radius 1 is 1.30 bits per heavy atom. The first-order chi connectivity index (χ1) is 11.0. The SMILES string of the molecule is Cc1ccc(C(=O)NC(CC2CCN(C(=O)O)CC2)C2CC2)s1. The summed E-state index contributed by atoms with van der Waals surface area (Å²) in [6.07, 6.45) is 4.37. The number of hydrogen-bond acceptors (Lipinski definition) is 3. The summed E-state index contributed by atoms with van der Waals surface area (Å²) >= 11 is 1.54. The molecule has 2 heterocycles. The molecule has 0 radical (unpaired) electrons. The lowest BCUT2D eigenvalue weighted by molar-refractivity contribution is 0.0919. The van der Waals surface area contributed by atoms with Gasteiger partial charge in [0, 0.05) is 24.0 Å². The normalized spacial score (nSPS) is 20.3. The Hall–Kier alpha value is -1.56. The largest absolute Gasteiger partial charge is 0.465 e. The molecule has 0 spiro atoms. The molecule has 1 aliphatic carbocycles. The standard InChI is InChI=1S/C17H24N2O3S/c1-11-2-5-15(23-11)16(20)18-14(13-3-4-13)10-12-6-8-19(9-7-12)17(21)22/h2,5,12-14H,3-4,6-10H2,1H3,(H,18,20)(H,21,22). The fourth-order valence-electron chi connectivity index (χ4n) is 3.38. The summed E-state index contributed by atoms with van der Waals surface area (Å²) in [7, 11) is 0. The number of carbonyl (C=O) groups excluding carboxylic acids is 1. The minimum atomic E-state index is -0.816. The second-order valence-electron chi connectivity index (χ2n) is 6.78. The van der Waals surface area contributed by atoms with Gasteiger partial charge in [-0.05, 0) is 63.0 Å². The topological polar surface area (TPSA) is 69.6 Å². The van der Waals surface area contributed by atoms with Gasteiger partial charge in [-0.25, -0.2) is 4.79 Å². The molecule has 2 N–H and O–H groups in total. The summed E-state index contributed by atoms with van der Waals surface area (Å²) in [5.41, 5.74) is 0. The quantitative estimate of drug-likeness (QED) is 0.866. The summed E-state index contributed by atoms with van der Waals surface area (Å²) in [6.45, 7) is 3.25. The molecule has 1 atom stereocenters. The van der Waals surface area contributed by atoms with E-state index in [-0.39, 0.29) is 11.9 Å². The van der Waals surface area contributed by atoms with E-state index in [0.29, 0.717) is 24.9 Å². The molecule has 6 heteroatoms. The Kier molecular flexibility index (Phi) is 4.90. The zero-order valence-corrected chi connectivity index (χ0v) is 14.3. The van der Waals surface area contributed by atoms with Gasteiger partial charge in [-0.2, -0.15) is 0 Å². The van der Waals surface area contributed by atoms with Crippen LogP contribution in [-0.4, -0.2) is 41.1 Å². The number of likely N-dealkylation sites (tertiary alicyclic amines) is 1. The van der Waals surface area contributed by atoms with Gasteiger partial charge in [-0.15, -0.1) is 11.3 Å². The molecular weight excluding hydrogens is 312 g/mol. The molecule has 1 saturated carbocycles. The summed E-state index contributed by atoms with van der Waals surface area (Å²) in [5, 5.41) is 12.3. The van der Waals surface area contributed by atoms with Crippen molar-refractivity contribution in [2.45, 2.75) is 45.1 Å². The maximum atomic E-state index is 12.4. The highest BCUT2D eigenvalue weighted by Gasteiger charge is 2.35. The van der Waals surface area contributed by atoms with Crippen molar-refractivity contribution < 1.29 is 14.7 Å². The van der Waals surface area contributed by atoms with Crippen LogP contribution < -0.4 is 5.32 Å².